The van der Waals surface area contributed by atoms with Crippen molar-refractivity contribution in [3.63, 3.8) is 0 Å². The third-order valence-electron chi connectivity index (χ3n) is 0.743. The monoisotopic (exact) mass is 127 g/mol. The highest BCUT2D eigenvalue weighted by Crippen LogP contribution is 1.76. The van der Waals surface area contributed by atoms with Gasteiger partial charge in [-0.1, -0.05) is 0 Å². The van der Waals surface area contributed by atoms with Gasteiger partial charge in [0.25, 0.3) is 0 Å². The van der Waals surface area contributed by atoms with Gasteiger partial charge in [-0.3, -0.25) is 0 Å². The van der Waals surface area contributed by atoms with Gasteiger partial charge in [0.05, 0.1) is 0 Å². The minimum atomic E-state index is 0.323. The van der Waals surface area contributed by atoms with Crippen molar-refractivity contribution in [2.45, 2.75) is 6.73 Å². The van der Waals surface area contributed by atoms with Crippen LogP contribution >= 0.6 is 0 Å². The van der Waals surface area contributed by atoms with Crippen molar-refractivity contribution < 1.29 is 4.74 Å². The SMILES string of the molecule is [CH2]COCn1ncnn1. The van der Waals surface area contributed by atoms with Gasteiger partial charge in [0.2, 0.25) is 0 Å². The van der Waals surface area contributed by atoms with E-state index in [2.05, 4.69) is 22.3 Å². The van der Waals surface area contributed by atoms with Crippen molar-refractivity contribution in [1.29, 1.82) is 0 Å². The summed E-state index contributed by atoms with van der Waals surface area (Å²) in [6, 6.07) is 0. The van der Waals surface area contributed by atoms with Crippen LogP contribution in [0.15, 0.2) is 6.33 Å². The molecule has 5 nitrogen and oxygen atoms in total. The Morgan fingerprint density at radius 1 is 1.67 bits per heavy atom. The Morgan fingerprint density at radius 3 is 3.11 bits per heavy atom. The van der Waals surface area contributed by atoms with Gasteiger partial charge in [0, 0.05) is 6.61 Å². The molecule has 1 radical (unpaired) electrons. The third kappa shape index (κ3) is 1.77. The molecular formula is C4H7N4O. The Labute approximate surface area is 52.6 Å². The van der Waals surface area contributed by atoms with E-state index in [1.165, 1.54) is 11.1 Å². The summed E-state index contributed by atoms with van der Waals surface area (Å²) in [4.78, 5) is 1.34. The first-order valence-electron chi connectivity index (χ1n) is 2.51. The normalized spacial score (nSPS) is 9.89. The van der Waals surface area contributed by atoms with Crippen LogP contribution in [0.1, 0.15) is 0 Å². The van der Waals surface area contributed by atoms with E-state index in [0.29, 0.717) is 13.3 Å². The lowest BCUT2D eigenvalue weighted by Crippen LogP contribution is -2.05. The Bertz CT molecular complexity index is 150. The maximum atomic E-state index is 4.86. The Morgan fingerprint density at radius 2 is 2.56 bits per heavy atom. The number of tetrazole rings is 1. The topological polar surface area (TPSA) is 52.8 Å². The molecule has 1 aromatic rings. The molecule has 0 amide bonds. The molecule has 0 N–H and O–H groups in total. The summed E-state index contributed by atoms with van der Waals surface area (Å²) in [6.45, 7) is 4.21. The van der Waals surface area contributed by atoms with Crippen LogP contribution in [0.2, 0.25) is 0 Å². The van der Waals surface area contributed by atoms with E-state index >= 15 is 0 Å². The summed E-state index contributed by atoms with van der Waals surface area (Å²) in [5.41, 5.74) is 0. The highest BCUT2D eigenvalue weighted by molar-refractivity contribution is 4.34. The minimum absolute atomic E-state index is 0.323. The van der Waals surface area contributed by atoms with Gasteiger partial charge in [-0.25, -0.2) is 0 Å². The van der Waals surface area contributed by atoms with Crippen molar-refractivity contribution in [2.24, 2.45) is 0 Å². The molecule has 5 heteroatoms. The number of rotatable bonds is 3. The lowest BCUT2D eigenvalue weighted by molar-refractivity contribution is 0.0779. The fraction of sp³-hybridized carbons (Fsp3) is 0.500. The largest absolute Gasteiger partial charge is 0.357 e. The van der Waals surface area contributed by atoms with Gasteiger partial charge in [0.15, 0.2) is 13.1 Å². The maximum Gasteiger partial charge on any atom is 0.162 e. The predicted octanol–water partition coefficient (Wildman–Crippen LogP) is -0.519. The van der Waals surface area contributed by atoms with Crippen LogP contribution in [-0.4, -0.2) is 26.8 Å². The number of ether oxygens (including phenoxy) is 1. The zero-order chi connectivity index (χ0) is 6.53. The van der Waals surface area contributed by atoms with Gasteiger partial charge >= 0.3 is 0 Å². The summed E-state index contributed by atoms with van der Waals surface area (Å²) >= 11 is 0. The van der Waals surface area contributed by atoms with Gasteiger partial charge in [-0.15, -0.1) is 15.0 Å². The standard InChI is InChI=1S/C4H7N4O/c1-2-9-4-8-6-3-5-7-8/h3H,1-2,4H2. The first kappa shape index (κ1) is 6.15. The van der Waals surface area contributed by atoms with E-state index in [4.69, 9.17) is 4.74 Å². The molecule has 0 aliphatic heterocycles. The van der Waals surface area contributed by atoms with E-state index in [-0.39, 0.29) is 0 Å². The first-order chi connectivity index (χ1) is 4.43. The van der Waals surface area contributed by atoms with Crippen LogP contribution in [0.5, 0.6) is 0 Å². The van der Waals surface area contributed by atoms with Crippen molar-refractivity contribution in [3.8, 4) is 0 Å². The van der Waals surface area contributed by atoms with Crippen molar-refractivity contribution >= 4 is 0 Å². The molecular weight excluding hydrogens is 120 g/mol. The molecule has 1 rings (SSSR count). The molecule has 0 aromatic carbocycles. The summed E-state index contributed by atoms with van der Waals surface area (Å²) < 4.78 is 4.86. The van der Waals surface area contributed by atoms with Crippen LogP contribution in [-0.2, 0) is 11.5 Å². The summed E-state index contributed by atoms with van der Waals surface area (Å²) in [6.07, 6.45) is 1.35. The molecule has 0 bridgehead atoms. The van der Waals surface area contributed by atoms with Gasteiger partial charge in [-0.05, 0) is 12.1 Å². The number of hydrogen-bond donors (Lipinski definition) is 0. The molecule has 0 fully saturated rings. The molecule has 0 saturated heterocycles. The van der Waals surface area contributed by atoms with Crippen LogP contribution in [0.3, 0.4) is 0 Å². The second-order valence-electron chi connectivity index (χ2n) is 1.35. The second kappa shape index (κ2) is 3.13. The quantitative estimate of drug-likeness (QED) is 0.548. The fourth-order valence-corrected chi connectivity index (χ4v) is 0.394. The number of hydrogen-bond acceptors (Lipinski definition) is 4. The van der Waals surface area contributed by atoms with Crippen LogP contribution < -0.4 is 0 Å². The van der Waals surface area contributed by atoms with Crippen molar-refractivity contribution in [2.75, 3.05) is 6.61 Å². The predicted molar refractivity (Wildman–Crippen MR) is 29.1 cm³/mol. The Kier molecular flexibility index (Phi) is 2.14. The summed E-state index contributed by atoms with van der Waals surface area (Å²) in [5.74, 6) is 0. The van der Waals surface area contributed by atoms with Crippen molar-refractivity contribution in [3.05, 3.63) is 13.3 Å². The van der Waals surface area contributed by atoms with Crippen LogP contribution in [0, 0.1) is 6.92 Å². The Balaban J connectivity index is 2.30. The highest BCUT2D eigenvalue weighted by Gasteiger charge is 1.87. The molecule has 1 heterocycles. The molecule has 49 valence electrons. The summed E-state index contributed by atoms with van der Waals surface area (Å²) in [5, 5.41) is 10.7. The van der Waals surface area contributed by atoms with Crippen molar-refractivity contribution in [1.82, 2.24) is 20.2 Å². The minimum Gasteiger partial charge on any atom is -0.357 e. The molecule has 0 aliphatic carbocycles. The van der Waals surface area contributed by atoms with E-state index in [1.807, 2.05) is 0 Å². The summed E-state index contributed by atoms with van der Waals surface area (Å²) in [7, 11) is 0. The molecule has 0 atom stereocenters. The zero-order valence-electron chi connectivity index (χ0n) is 4.90. The molecule has 1 aromatic heterocycles. The number of aromatic nitrogens is 4. The zero-order valence-corrected chi connectivity index (χ0v) is 4.90. The van der Waals surface area contributed by atoms with Crippen LogP contribution in [0.4, 0.5) is 0 Å². The molecule has 9 heavy (non-hydrogen) atoms. The van der Waals surface area contributed by atoms with E-state index in [1.54, 1.807) is 0 Å². The lowest BCUT2D eigenvalue weighted by Gasteiger charge is -1.95. The average molecular weight is 127 g/mol. The number of nitrogens with zero attached hydrogens (tertiary/aromatic N) is 4. The van der Waals surface area contributed by atoms with Crippen LogP contribution in [0.25, 0.3) is 0 Å². The molecule has 0 aliphatic rings. The fourth-order valence-electron chi connectivity index (χ4n) is 0.394. The van der Waals surface area contributed by atoms with E-state index in [0.717, 1.165) is 0 Å². The molecule has 0 spiro atoms. The van der Waals surface area contributed by atoms with Gasteiger partial charge in [-0.2, -0.15) is 0 Å². The smallest absolute Gasteiger partial charge is 0.162 e. The highest BCUT2D eigenvalue weighted by atomic mass is 16.5. The Hall–Kier alpha value is -0.970. The first-order valence-corrected chi connectivity index (χ1v) is 2.51. The second-order valence-corrected chi connectivity index (χ2v) is 1.35. The van der Waals surface area contributed by atoms with Gasteiger partial charge < -0.3 is 4.74 Å². The molecule has 0 saturated carbocycles. The maximum absolute atomic E-state index is 4.86. The van der Waals surface area contributed by atoms with E-state index in [9.17, 15) is 0 Å². The van der Waals surface area contributed by atoms with Gasteiger partial charge in [0.1, 0.15) is 0 Å². The third-order valence-corrected chi connectivity index (χ3v) is 0.743. The molecule has 0 unspecified atom stereocenters. The lowest BCUT2D eigenvalue weighted by atomic mass is 10.9. The van der Waals surface area contributed by atoms with E-state index < -0.39 is 0 Å². The average Bonchev–Trinajstić information content (AvgIpc) is 2.34.